The van der Waals surface area contributed by atoms with Crippen molar-refractivity contribution in [1.82, 2.24) is 9.13 Å². The van der Waals surface area contributed by atoms with Crippen molar-refractivity contribution in [3.05, 3.63) is 88.5 Å². The second-order valence-corrected chi connectivity index (χ2v) is 9.90. The molecule has 4 aromatic rings. The molecule has 6 nitrogen and oxygen atoms in total. The Kier molecular flexibility index (Phi) is 6.96. The second-order valence-electron chi connectivity index (χ2n) is 9.49. The third-order valence-corrected chi connectivity index (χ3v) is 7.38. The number of anilines is 2. The van der Waals surface area contributed by atoms with E-state index < -0.39 is 11.7 Å². The van der Waals surface area contributed by atoms with Crippen molar-refractivity contribution >= 4 is 39.9 Å². The summed E-state index contributed by atoms with van der Waals surface area (Å²) in [5.41, 5.74) is 3.07. The largest absolute Gasteiger partial charge is 0.416 e. The summed E-state index contributed by atoms with van der Waals surface area (Å²) in [6.45, 7) is 2.75. The maximum atomic E-state index is 13.4. The number of fused-ring (bicyclic) bond motifs is 1. The van der Waals surface area contributed by atoms with Gasteiger partial charge in [-0.1, -0.05) is 41.9 Å². The van der Waals surface area contributed by atoms with Crippen molar-refractivity contribution in [3.8, 4) is 0 Å². The van der Waals surface area contributed by atoms with Gasteiger partial charge in [-0.05, 0) is 54.8 Å². The number of carbonyl (C=O) groups is 1. The molecule has 0 aliphatic carbocycles. The Morgan fingerprint density at radius 2 is 1.68 bits per heavy atom. The van der Waals surface area contributed by atoms with Gasteiger partial charge in [0.05, 0.1) is 34.5 Å². The molecule has 198 valence electrons. The molecule has 1 saturated heterocycles. The lowest BCUT2D eigenvalue weighted by Gasteiger charge is -2.35. The summed E-state index contributed by atoms with van der Waals surface area (Å²) in [4.78, 5) is 13.6. The highest BCUT2D eigenvalue weighted by molar-refractivity contribution is 6.31. The average Bonchev–Trinajstić information content (AvgIpc) is 3.16. The molecule has 38 heavy (non-hydrogen) atoms. The zero-order chi connectivity index (χ0) is 27.0. The van der Waals surface area contributed by atoms with Crippen LogP contribution in [0.25, 0.3) is 11.0 Å². The minimum atomic E-state index is -4.48. The molecular weight excluding hydrogens is 515 g/mol. The number of piperidine rings is 1. The van der Waals surface area contributed by atoms with E-state index in [1.807, 2.05) is 62.6 Å². The van der Waals surface area contributed by atoms with Crippen LogP contribution in [0.3, 0.4) is 0 Å². The third-order valence-electron chi connectivity index (χ3n) is 7.01. The quantitative estimate of drug-likeness (QED) is 0.305. The monoisotopic (exact) mass is 541 g/mol. The maximum absolute atomic E-state index is 13.4. The van der Waals surface area contributed by atoms with E-state index in [2.05, 4.69) is 5.32 Å². The number of nitrogens with zero attached hydrogens (tertiary/aromatic N) is 3. The molecule has 0 bridgehead atoms. The van der Waals surface area contributed by atoms with Crippen LogP contribution in [0, 0.1) is 5.41 Å². The van der Waals surface area contributed by atoms with Crippen LogP contribution in [0.1, 0.15) is 36.9 Å². The maximum Gasteiger partial charge on any atom is 0.416 e. The summed E-state index contributed by atoms with van der Waals surface area (Å²) >= 11 is 6.41. The summed E-state index contributed by atoms with van der Waals surface area (Å²) in [7, 11) is 0. The predicted molar refractivity (Wildman–Crippen MR) is 143 cm³/mol. The van der Waals surface area contributed by atoms with Crippen LogP contribution in [0.2, 0.25) is 5.02 Å². The molecule has 2 N–H and O–H groups in total. The van der Waals surface area contributed by atoms with Crippen LogP contribution < -0.4 is 15.8 Å². The van der Waals surface area contributed by atoms with Crippen LogP contribution in [-0.2, 0) is 17.5 Å². The number of rotatable bonds is 5. The van der Waals surface area contributed by atoms with Crippen molar-refractivity contribution in [3.63, 3.8) is 0 Å². The summed E-state index contributed by atoms with van der Waals surface area (Å²) < 4.78 is 44.3. The van der Waals surface area contributed by atoms with Crippen LogP contribution in [0.4, 0.5) is 24.5 Å². The number of alkyl halides is 3. The lowest BCUT2D eigenvalue weighted by atomic mass is 10.0. The number of aromatic nitrogens is 2. The molecule has 0 saturated carbocycles. The van der Waals surface area contributed by atoms with Crippen molar-refractivity contribution in [2.45, 2.75) is 38.5 Å². The summed E-state index contributed by atoms with van der Waals surface area (Å²) in [6.07, 6.45) is -3.22. The standard InChI is InChI=1S/C28H27ClF3N5O/c1-18(38)34-23-11-10-20(28(30,31)32)16-26(23)35-14-12-21(13-15-35)37-25-9-5-4-8-24(25)36(27(37)33)17-19-6-2-3-7-22(19)29/h2-11,16,21,33H,12-15,17H2,1H3,(H,34,38). The van der Waals surface area contributed by atoms with Crippen molar-refractivity contribution in [1.29, 1.82) is 5.41 Å². The van der Waals surface area contributed by atoms with Gasteiger partial charge in [-0.15, -0.1) is 0 Å². The topological polar surface area (TPSA) is 66.1 Å². The first-order chi connectivity index (χ1) is 18.1. The van der Waals surface area contributed by atoms with Gasteiger partial charge in [-0.25, -0.2) is 0 Å². The molecule has 1 aromatic heterocycles. The highest BCUT2D eigenvalue weighted by atomic mass is 35.5. The van der Waals surface area contributed by atoms with Crippen molar-refractivity contribution in [2.24, 2.45) is 0 Å². The minimum Gasteiger partial charge on any atom is -0.370 e. The van der Waals surface area contributed by atoms with Crippen molar-refractivity contribution < 1.29 is 18.0 Å². The fraction of sp³-hybridized carbons (Fsp3) is 0.286. The van der Waals surface area contributed by atoms with E-state index in [1.165, 1.54) is 13.0 Å². The van der Waals surface area contributed by atoms with Gasteiger partial charge < -0.3 is 19.4 Å². The van der Waals surface area contributed by atoms with Gasteiger partial charge in [-0.3, -0.25) is 10.2 Å². The Morgan fingerprint density at radius 3 is 2.34 bits per heavy atom. The molecule has 3 aromatic carbocycles. The number of halogens is 4. The SMILES string of the molecule is CC(=O)Nc1ccc(C(F)(F)F)cc1N1CCC(n2c(=N)n(Cc3ccccc3Cl)c3ccccc32)CC1. The third kappa shape index (κ3) is 5.03. The smallest absolute Gasteiger partial charge is 0.370 e. The Hall–Kier alpha value is -3.72. The number of benzene rings is 3. The van der Waals surface area contributed by atoms with E-state index in [4.69, 9.17) is 17.0 Å². The molecule has 5 rings (SSSR count). The highest BCUT2D eigenvalue weighted by Crippen LogP contribution is 2.38. The summed E-state index contributed by atoms with van der Waals surface area (Å²) in [6, 6.07) is 18.8. The molecule has 0 unspecified atom stereocenters. The first-order valence-electron chi connectivity index (χ1n) is 12.3. The van der Waals surface area contributed by atoms with Gasteiger partial charge in [-0.2, -0.15) is 13.2 Å². The fourth-order valence-electron chi connectivity index (χ4n) is 5.21. The van der Waals surface area contributed by atoms with E-state index in [1.54, 1.807) is 0 Å². The Bertz CT molecular complexity index is 1550. The molecule has 1 aliphatic rings. The zero-order valence-corrected chi connectivity index (χ0v) is 21.5. The van der Waals surface area contributed by atoms with Crippen LogP contribution in [0.5, 0.6) is 0 Å². The van der Waals surface area contributed by atoms with Gasteiger partial charge in [0.15, 0.2) is 0 Å². The number of hydrogen-bond donors (Lipinski definition) is 2. The number of nitrogens with one attached hydrogen (secondary N) is 2. The number of hydrogen-bond acceptors (Lipinski definition) is 3. The average molecular weight is 542 g/mol. The molecule has 10 heteroatoms. The lowest BCUT2D eigenvalue weighted by molar-refractivity contribution is -0.137. The van der Waals surface area contributed by atoms with Crippen molar-refractivity contribution in [2.75, 3.05) is 23.3 Å². The van der Waals surface area contributed by atoms with Gasteiger partial charge in [0.25, 0.3) is 0 Å². The van der Waals surface area contributed by atoms with E-state index in [-0.39, 0.29) is 11.9 Å². The molecular formula is C28H27ClF3N5O. The van der Waals surface area contributed by atoms with E-state index in [0.717, 1.165) is 28.7 Å². The Labute approximate surface area is 222 Å². The highest BCUT2D eigenvalue weighted by Gasteiger charge is 2.33. The molecule has 1 aliphatic heterocycles. The number of imidazole rings is 1. The number of carbonyl (C=O) groups excluding carboxylic acids is 1. The first-order valence-corrected chi connectivity index (χ1v) is 12.7. The fourth-order valence-corrected chi connectivity index (χ4v) is 5.41. The molecule has 0 atom stereocenters. The van der Waals surface area contributed by atoms with Crippen LogP contribution in [-0.4, -0.2) is 28.1 Å². The zero-order valence-electron chi connectivity index (χ0n) is 20.7. The summed E-state index contributed by atoms with van der Waals surface area (Å²) in [5.74, 6) is -0.346. The molecule has 0 radical (unpaired) electrons. The minimum absolute atomic E-state index is 0.00818. The van der Waals surface area contributed by atoms with Gasteiger partial charge in [0.1, 0.15) is 0 Å². The van der Waals surface area contributed by atoms with Gasteiger partial charge >= 0.3 is 6.18 Å². The molecule has 2 heterocycles. The Morgan fingerprint density at radius 1 is 1.03 bits per heavy atom. The predicted octanol–water partition coefficient (Wildman–Crippen LogP) is 6.44. The van der Waals surface area contributed by atoms with E-state index >= 15 is 0 Å². The number of para-hydroxylation sites is 2. The summed E-state index contributed by atoms with van der Waals surface area (Å²) in [5, 5.41) is 12.3. The normalized spacial score (nSPS) is 14.7. The van der Waals surface area contributed by atoms with E-state index in [0.29, 0.717) is 54.5 Å². The van der Waals surface area contributed by atoms with Gasteiger partial charge in [0.2, 0.25) is 11.5 Å². The number of amides is 1. The lowest BCUT2D eigenvalue weighted by Crippen LogP contribution is -2.38. The molecule has 0 spiro atoms. The molecule has 1 amide bonds. The molecule has 1 fully saturated rings. The van der Waals surface area contributed by atoms with Gasteiger partial charge in [0, 0.05) is 31.1 Å². The second kappa shape index (κ2) is 10.2. The van der Waals surface area contributed by atoms with Crippen LogP contribution in [0.15, 0.2) is 66.7 Å². The van der Waals surface area contributed by atoms with E-state index in [9.17, 15) is 18.0 Å². The van der Waals surface area contributed by atoms with Crippen LogP contribution >= 0.6 is 11.6 Å². The Balaban J connectivity index is 1.45. The first kappa shape index (κ1) is 25.9.